The molecule has 31 heavy (non-hydrogen) atoms. The Kier molecular flexibility index (Phi) is 7.41. The van der Waals surface area contributed by atoms with Crippen molar-refractivity contribution in [1.29, 1.82) is 0 Å². The Balaban J connectivity index is 1.18. The van der Waals surface area contributed by atoms with Gasteiger partial charge in [-0.3, -0.25) is 9.78 Å². The number of carbonyl (C=O) groups excluding carboxylic acids is 1. The maximum absolute atomic E-state index is 12.1. The fourth-order valence-electron chi connectivity index (χ4n) is 3.38. The number of benzene rings is 1. The third-order valence-electron chi connectivity index (χ3n) is 5.09. The maximum atomic E-state index is 12.1. The fraction of sp³-hybridized carbons (Fsp3) is 0.292. The van der Waals surface area contributed by atoms with E-state index in [1.165, 1.54) is 5.69 Å². The first-order valence-electron chi connectivity index (χ1n) is 10.5. The number of pyridine rings is 1. The molecule has 0 aliphatic carbocycles. The van der Waals surface area contributed by atoms with E-state index < -0.39 is 0 Å². The standard InChI is InChI=1S/C24H26N4O2S/c29-23(8-5-19-3-6-21(7-4-19)28-14-16-30-17-15-28)26-11-1-2-24-27-22(18-31-24)20-9-12-25-13-10-20/h3-10,12-13,18H,1-2,11,14-17H2,(H,26,29). The van der Waals surface area contributed by atoms with Crippen LogP contribution in [0.25, 0.3) is 17.3 Å². The van der Waals surface area contributed by atoms with Gasteiger partial charge in [0.1, 0.15) is 0 Å². The predicted molar refractivity (Wildman–Crippen MR) is 125 cm³/mol. The molecule has 6 nitrogen and oxygen atoms in total. The van der Waals surface area contributed by atoms with Gasteiger partial charge >= 0.3 is 0 Å². The van der Waals surface area contributed by atoms with Crippen LogP contribution in [-0.4, -0.2) is 48.7 Å². The number of nitrogens with one attached hydrogen (secondary N) is 1. The van der Waals surface area contributed by atoms with Crippen LogP contribution in [0, 0.1) is 0 Å². The van der Waals surface area contributed by atoms with E-state index in [1.54, 1.807) is 29.8 Å². The Bertz CT molecular complexity index is 996. The third kappa shape index (κ3) is 6.23. The number of nitrogens with zero attached hydrogens (tertiary/aromatic N) is 3. The van der Waals surface area contributed by atoms with E-state index in [1.807, 2.05) is 30.3 Å². The summed E-state index contributed by atoms with van der Waals surface area (Å²) in [7, 11) is 0. The van der Waals surface area contributed by atoms with Gasteiger partial charge in [-0.1, -0.05) is 12.1 Å². The summed E-state index contributed by atoms with van der Waals surface area (Å²) in [6, 6.07) is 12.2. The third-order valence-corrected chi connectivity index (χ3v) is 6.00. The number of hydrogen-bond donors (Lipinski definition) is 1. The van der Waals surface area contributed by atoms with E-state index in [9.17, 15) is 4.79 Å². The van der Waals surface area contributed by atoms with Gasteiger partial charge in [-0.15, -0.1) is 11.3 Å². The summed E-state index contributed by atoms with van der Waals surface area (Å²) in [6.07, 6.45) is 8.70. The van der Waals surface area contributed by atoms with Crippen molar-refractivity contribution >= 4 is 29.0 Å². The number of amides is 1. The van der Waals surface area contributed by atoms with E-state index >= 15 is 0 Å². The van der Waals surface area contributed by atoms with Crippen molar-refractivity contribution in [2.45, 2.75) is 12.8 Å². The molecule has 0 radical (unpaired) electrons. The van der Waals surface area contributed by atoms with E-state index in [0.717, 1.165) is 61.0 Å². The topological polar surface area (TPSA) is 67.3 Å². The molecule has 1 N–H and O–H groups in total. The normalized spacial score (nSPS) is 14.1. The lowest BCUT2D eigenvalue weighted by Crippen LogP contribution is -2.36. The summed E-state index contributed by atoms with van der Waals surface area (Å²) in [5.74, 6) is -0.0751. The SMILES string of the molecule is O=C(C=Cc1ccc(N2CCOCC2)cc1)NCCCc1nc(-c2ccncc2)cs1. The first-order chi connectivity index (χ1) is 15.3. The maximum Gasteiger partial charge on any atom is 0.243 e. The molecule has 1 aliphatic heterocycles. The Morgan fingerprint density at radius 1 is 1.13 bits per heavy atom. The molecule has 3 heterocycles. The van der Waals surface area contributed by atoms with Crippen LogP contribution in [-0.2, 0) is 16.0 Å². The molecule has 4 rings (SSSR count). The summed E-state index contributed by atoms with van der Waals surface area (Å²) < 4.78 is 5.39. The molecule has 1 aromatic carbocycles. The van der Waals surface area contributed by atoms with Crippen molar-refractivity contribution < 1.29 is 9.53 Å². The molecule has 7 heteroatoms. The highest BCUT2D eigenvalue weighted by molar-refractivity contribution is 7.09. The van der Waals surface area contributed by atoms with E-state index in [4.69, 9.17) is 4.74 Å². The van der Waals surface area contributed by atoms with Gasteiger partial charge in [0, 0.05) is 61.2 Å². The first kappa shape index (κ1) is 21.2. The molecule has 0 unspecified atom stereocenters. The van der Waals surface area contributed by atoms with Crippen LogP contribution in [0.15, 0.2) is 60.2 Å². The average Bonchev–Trinajstić information content (AvgIpc) is 3.31. The van der Waals surface area contributed by atoms with Crippen LogP contribution in [0.3, 0.4) is 0 Å². The number of hydrogen-bond acceptors (Lipinski definition) is 6. The minimum atomic E-state index is -0.0751. The highest BCUT2D eigenvalue weighted by atomic mass is 32.1. The van der Waals surface area contributed by atoms with Crippen LogP contribution >= 0.6 is 11.3 Å². The Labute approximate surface area is 186 Å². The summed E-state index contributed by atoms with van der Waals surface area (Å²) in [4.78, 5) is 23.1. The van der Waals surface area contributed by atoms with Crippen LogP contribution in [0.1, 0.15) is 17.0 Å². The molecule has 1 aliphatic rings. The second-order valence-electron chi connectivity index (χ2n) is 7.28. The van der Waals surface area contributed by atoms with Gasteiger partial charge in [0.15, 0.2) is 0 Å². The van der Waals surface area contributed by atoms with Gasteiger partial charge in [0.25, 0.3) is 0 Å². The van der Waals surface area contributed by atoms with Crippen molar-refractivity contribution in [3.63, 3.8) is 0 Å². The Hall–Kier alpha value is -3.03. The van der Waals surface area contributed by atoms with E-state index in [0.29, 0.717) is 6.54 Å². The van der Waals surface area contributed by atoms with Gasteiger partial charge in [-0.25, -0.2) is 4.98 Å². The number of ether oxygens (including phenoxy) is 1. The summed E-state index contributed by atoms with van der Waals surface area (Å²) in [5, 5.41) is 6.09. The highest BCUT2D eigenvalue weighted by Gasteiger charge is 2.10. The first-order valence-corrected chi connectivity index (χ1v) is 11.4. The number of rotatable bonds is 8. The fourth-order valence-corrected chi connectivity index (χ4v) is 4.23. The zero-order chi connectivity index (χ0) is 21.3. The molecular weight excluding hydrogens is 408 g/mol. The van der Waals surface area contributed by atoms with Gasteiger partial charge in [-0.05, 0) is 42.3 Å². The molecule has 3 aromatic rings. The molecule has 1 saturated heterocycles. The molecular formula is C24H26N4O2S. The van der Waals surface area contributed by atoms with Crippen LogP contribution < -0.4 is 10.2 Å². The molecule has 2 aromatic heterocycles. The van der Waals surface area contributed by atoms with Crippen molar-refractivity contribution in [2.24, 2.45) is 0 Å². The van der Waals surface area contributed by atoms with Gasteiger partial charge in [-0.2, -0.15) is 0 Å². The zero-order valence-electron chi connectivity index (χ0n) is 17.4. The van der Waals surface area contributed by atoms with Crippen LogP contribution in [0.5, 0.6) is 0 Å². The minimum Gasteiger partial charge on any atom is -0.378 e. The number of carbonyl (C=O) groups is 1. The number of thiazole rings is 1. The number of aryl methyl sites for hydroxylation is 1. The molecule has 160 valence electrons. The number of anilines is 1. The Morgan fingerprint density at radius 2 is 1.90 bits per heavy atom. The van der Waals surface area contributed by atoms with Crippen molar-refractivity contribution in [2.75, 3.05) is 37.7 Å². The van der Waals surface area contributed by atoms with Gasteiger partial charge < -0.3 is 15.0 Å². The lowest BCUT2D eigenvalue weighted by atomic mass is 10.1. The second-order valence-corrected chi connectivity index (χ2v) is 8.22. The molecule has 0 bridgehead atoms. The molecule has 0 saturated carbocycles. The quantitative estimate of drug-likeness (QED) is 0.431. The van der Waals surface area contributed by atoms with E-state index in [2.05, 4.69) is 37.7 Å². The van der Waals surface area contributed by atoms with Crippen molar-refractivity contribution in [1.82, 2.24) is 15.3 Å². The monoisotopic (exact) mass is 434 g/mol. The smallest absolute Gasteiger partial charge is 0.243 e. The highest BCUT2D eigenvalue weighted by Crippen LogP contribution is 2.21. The summed E-state index contributed by atoms with van der Waals surface area (Å²) >= 11 is 1.65. The van der Waals surface area contributed by atoms with E-state index in [-0.39, 0.29) is 5.91 Å². The van der Waals surface area contributed by atoms with Gasteiger partial charge in [0.2, 0.25) is 5.91 Å². The lowest BCUT2D eigenvalue weighted by Gasteiger charge is -2.28. The lowest BCUT2D eigenvalue weighted by molar-refractivity contribution is -0.116. The molecule has 0 atom stereocenters. The van der Waals surface area contributed by atoms with Crippen LogP contribution in [0.2, 0.25) is 0 Å². The number of aromatic nitrogens is 2. The van der Waals surface area contributed by atoms with Crippen molar-refractivity contribution in [3.8, 4) is 11.3 Å². The predicted octanol–water partition coefficient (Wildman–Crippen LogP) is 3.80. The largest absolute Gasteiger partial charge is 0.378 e. The molecule has 0 spiro atoms. The Morgan fingerprint density at radius 3 is 2.68 bits per heavy atom. The molecule has 1 amide bonds. The summed E-state index contributed by atoms with van der Waals surface area (Å²) in [6.45, 7) is 4.02. The van der Waals surface area contributed by atoms with Gasteiger partial charge in [0.05, 0.1) is 23.9 Å². The van der Waals surface area contributed by atoms with Crippen LogP contribution in [0.4, 0.5) is 5.69 Å². The minimum absolute atomic E-state index is 0.0751. The summed E-state index contributed by atoms with van der Waals surface area (Å²) in [5.41, 5.74) is 4.26. The average molecular weight is 435 g/mol. The molecule has 1 fully saturated rings. The second kappa shape index (κ2) is 10.8. The number of morpholine rings is 1. The van der Waals surface area contributed by atoms with Crippen molar-refractivity contribution in [3.05, 3.63) is 70.8 Å². The zero-order valence-corrected chi connectivity index (χ0v) is 18.2.